The third-order valence-corrected chi connectivity index (χ3v) is 4.49. The van der Waals surface area contributed by atoms with Gasteiger partial charge in [-0.3, -0.25) is 0 Å². The van der Waals surface area contributed by atoms with Gasteiger partial charge in [0.05, 0.1) is 11.4 Å². The molecule has 2 aromatic carbocycles. The van der Waals surface area contributed by atoms with Crippen molar-refractivity contribution in [2.75, 3.05) is 0 Å². The van der Waals surface area contributed by atoms with Gasteiger partial charge in [-0.2, -0.15) is 13.2 Å². The Bertz CT molecular complexity index is 956. The van der Waals surface area contributed by atoms with Crippen LogP contribution in [-0.4, -0.2) is 9.55 Å². The molecule has 136 valence electrons. The lowest BCUT2D eigenvalue weighted by Gasteiger charge is -2.10. The minimum atomic E-state index is -4.65. The Balaban J connectivity index is 2.36. The fourth-order valence-electron chi connectivity index (χ4n) is 2.66. The first-order valence-corrected chi connectivity index (χ1v) is 8.64. The normalized spacial score (nSPS) is 11.8. The molecule has 0 aliphatic rings. The van der Waals surface area contributed by atoms with Crippen LogP contribution in [0.2, 0.25) is 20.1 Å². The maximum absolute atomic E-state index is 13.4. The Kier molecular flexibility index (Phi) is 5.19. The number of imidazole rings is 1. The second-order valence-corrected chi connectivity index (χ2v) is 7.25. The number of halogens is 7. The SMILES string of the molecule is Cn1c(C(F)(F)F)nc(-c2cc(Cl)cc(Cl)c2)c1-c1cc(Cl)cc(Cl)c1. The summed E-state index contributed by atoms with van der Waals surface area (Å²) in [6, 6.07) is 8.98. The monoisotopic (exact) mass is 438 g/mol. The molecular weight excluding hydrogens is 431 g/mol. The van der Waals surface area contributed by atoms with Crippen LogP contribution in [0.25, 0.3) is 22.5 Å². The first-order valence-electron chi connectivity index (χ1n) is 7.13. The van der Waals surface area contributed by atoms with Crippen LogP contribution in [0.4, 0.5) is 13.2 Å². The first-order chi connectivity index (χ1) is 12.1. The lowest BCUT2D eigenvalue weighted by Crippen LogP contribution is -2.13. The van der Waals surface area contributed by atoms with Crippen LogP contribution in [0.1, 0.15) is 5.82 Å². The van der Waals surface area contributed by atoms with Gasteiger partial charge in [0.1, 0.15) is 0 Å². The number of hydrogen-bond acceptors (Lipinski definition) is 1. The number of rotatable bonds is 2. The van der Waals surface area contributed by atoms with Crippen molar-refractivity contribution in [3.8, 4) is 22.5 Å². The quantitative estimate of drug-likeness (QED) is 0.407. The van der Waals surface area contributed by atoms with Crippen molar-refractivity contribution < 1.29 is 13.2 Å². The average molecular weight is 440 g/mol. The highest BCUT2D eigenvalue weighted by molar-refractivity contribution is 6.35. The van der Waals surface area contributed by atoms with Crippen LogP contribution in [0.5, 0.6) is 0 Å². The second-order valence-electron chi connectivity index (χ2n) is 5.51. The van der Waals surface area contributed by atoms with Gasteiger partial charge in [0, 0.05) is 38.3 Å². The van der Waals surface area contributed by atoms with E-state index in [0.717, 1.165) is 4.57 Å². The number of nitrogens with zero attached hydrogens (tertiary/aromatic N) is 2. The molecule has 0 fully saturated rings. The van der Waals surface area contributed by atoms with Crippen LogP contribution in [0, 0.1) is 0 Å². The van der Waals surface area contributed by atoms with Gasteiger partial charge in [-0.1, -0.05) is 46.4 Å². The van der Waals surface area contributed by atoms with Crippen LogP contribution in [0.3, 0.4) is 0 Å². The molecule has 0 spiro atoms. The Morgan fingerprint density at radius 3 is 1.62 bits per heavy atom. The summed E-state index contributed by atoms with van der Waals surface area (Å²) < 4.78 is 41.2. The summed E-state index contributed by atoms with van der Waals surface area (Å²) in [5.74, 6) is -1.06. The third kappa shape index (κ3) is 3.81. The molecule has 9 heteroatoms. The average Bonchev–Trinajstić information content (AvgIpc) is 2.82. The molecule has 0 radical (unpaired) electrons. The molecule has 0 N–H and O–H groups in total. The molecule has 1 aromatic heterocycles. The molecule has 2 nitrogen and oxygen atoms in total. The van der Waals surface area contributed by atoms with Gasteiger partial charge in [-0.05, 0) is 36.4 Å². The summed E-state index contributed by atoms with van der Waals surface area (Å²) >= 11 is 24.0. The lowest BCUT2D eigenvalue weighted by molar-refractivity contribution is -0.146. The topological polar surface area (TPSA) is 17.8 Å². The van der Waals surface area contributed by atoms with E-state index in [9.17, 15) is 13.2 Å². The van der Waals surface area contributed by atoms with Gasteiger partial charge in [0.25, 0.3) is 0 Å². The number of benzene rings is 2. The third-order valence-electron chi connectivity index (χ3n) is 3.62. The van der Waals surface area contributed by atoms with Crippen molar-refractivity contribution in [3.05, 3.63) is 62.3 Å². The van der Waals surface area contributed by atoms with E-state index < -0.39 is 12.0 Å². The van der Waals surface area contributed by atoms with E-state index >= 15 is 0 Å². The van der Waals surface area contributed by atoms with Crippen molar-refractivity contribution in [1.82, 2.24) is 9.55 Å². The maximum Gasteiger partial charge on any atom is 0.449 e. The minimum Gasteiger partial charge on any atom is -0.323 e. The molecule has 0 atom stereocenters. The summed E-state index contributed by atoms with van der Waals surface area (Å²) in [6.45, 7) is 0. The zero-order chi connectivity index (χ0) is 19.2. The van der Waals surface area contributed by atoms with Gasteiger partial charge in [-0.15, -0.1) is 0 Å². The Morgan fingerprint density at radius 1 is 0.769 bits per heavy atom. The molecule has 1 heterocycles. The smallest absolute Gasteiger partial charge is 0.323 e. The highest BCUT2D eigenvalue weighted by Gasteiger charge is 2.38. The highest BCUT2D eigenvalue weighted by Crippen LogP contribution is 2.40. The van der Waals surface area contributed by atoms with Crippen molar-refractivity contribution in [2.24, 2.45) is 7.05 Å². The zero-order valence-electron chi connectivity index (χ0n) is 13.0. The molecule has 0 saturated carbocycles. The molecule has 26 heavy (non-hydrogen) atoms. The van der Waals surface area contributed by atoms with E-state index in [4.69, 9.17) is 46.4 Å². The lowest BCUT2D eigenvalue weighted by atomic mass is 10.0. The summed E-state index contributed by atoms with van der Waals surface area (Å²) in [7, 11) is 1.27. The standard InChI is InChI=1S/C17H9Cl4F3N2/c1-26-15(9-4-12(20)7-13(21)5-9)14(25-16(26)17(22,23)24)8-2-10(18)6-11(19)3-8/h2-7H,1H3. The molecule has 0 unspecified atom stereocenters. The predicted octanol–water partition coefficient (Wildman–Crippen LogP) is 7.39. The molecule has 0 bridgehead atoms. The summed E-state index contributed by atoms with van der Waals surface area (Å²) in [5, 5.41) is 1.14. The number of hydrogen-bond donors (Lipinski definition) is 0. The van der Waals surface area contributed by atoms with Crippen molar-refractivity contribution >= 4 is 46.4 Å². The maximum atomic E-state index is 13.4. The summed E-state index contributed by atoms with van der Waals surface area (Å²) in [5.41, 5.74) is 1.00. The van der Waals surface area contributed by atoms with Crippen LogP contribution < -0.4 is 0 Å². The largest absolute Gasteiger partial charge is 0.449 e. The van der Waals surface area contributed by atoms with E-state index in [0.29, 0.717) is 11.1 Å². The van der Waals surface area contributed by atoms with Crippen LogP contribution in [-0.2, 0) is 13.2 Å². The highest BCUT2D eigenvalue weighted by atomic mass is 35.5. The Morgan fingerprint density at radius 2 is 1.19 bits per heavy atom. The molecule has 0 amide bonds. The molecule has 3 aromatic rings. The van der Waals surface area contributed by atoms with E-state index in [2.05, 4.69) is 4.98 Å². The van der Waals surface area contributed by atoms with Gasteiger partial charge >= 0.3 is 6.18 Å². The molecule has 0 aliphatic heterocycles. The number of alkyl halides is 3. The van der Waals surface area contributed by atoms with Crippen LogP contribution >= 0.6 is 46.4 Å². The summed E-state index contributed by atoms with van der Waals surface area (Å²) in [4.78, 5) is 3.80. The van der Waals surface area contributed by atoms with Gasteiger partial charge in [0.2, 0.25) is 5.82 Å². The van der Waals surface area contributed by atoms with Gasteiger partial charge in [0.15, 0.2) is 0 Å². The molecular formula is C17H9Cl4F3N2. The fourth-order valence-corrected chi connectivity index (χ4v) is 3.72. The van der Waals surface area contributed by atoms with Crippen molar-refractivity contribution in [1.29, 1.82) is 0 Å². The second kappa shape index (κ2) is 6.97. The fraction of sp³-hybridized carbons (Fsp3) is 0.118. The van der Waals surface area contributed by atoms with E-state index in [1.54, 1.807) is 0 Å². The van der Waals surface area contributed by atoms with E-state index in [1.165, 1.54) is 43.4 Å². The molecule has 3 rings (SSSR count). The Labute approximate surface area is 167 Å². The Hall–Kier alpha value is -1.40. The van der Waals surface area contributed by atoms with Crippen molar-refractivity contribution in [2.45, 2.75) is 6.18 Å². The first kappa shape index (κ1) is 19.4. The van der Waals surface area contributed by atoms with E-state index in [1.807, 2.05) is 0 Å². The predicted molar refractivity (Wildman–Crippen MR) is 99.1 cm³/mol. The van der Waals surface area contributed by atoms with Gasteiger partial charge < -0.3 is 4.57 Å². The molecule has 0 aliphatic carbocycles. The summed E-state index contributed by atoms with van der Waals surface area (Å²) in [6.07, 6.45) is -4.65. The van der Waals surface area contributed by atoms with Gasteiger partial charge in [-0.25, -0.2) is 4.98 Å². The number of aromatic nitrogens is 2. The van der Waals surface area contributed by atoms with Crippen LogP contribution in [0.15, 0.2) is 36.4 Å². The molecule has 0 saturated heterocycles. The zero-order valence-corrected chi connectivity index (χ0v) is 16.0. The van der Waals surface area contributed by atoms with E-state index in [-0.39, 0.29) is 31.5 Å². The van der Waals surface area contributed by atoms with Crippen molar-refractivity contribution in [3.63, 3.8) is 0 Å². The minimum absolute atomic E-state index is 0.0718.